The summed E-state index contributed by atoms with van der Waals surface area (Å²) in [6.07, 6.45) is 0.0364. The Labute approximate surface area is 115 Å². The Morgan fingerprint density at radius 1 is 1.05 bits per heavy atom. The molecule has 4 heteroatoms. The van der Waals surface area contributed by atoms with Crippen LogP contribution in [0.3, 0.4) is 0 Å². The molecule has 0 radical (unpaired) electrons. The van der Waals surface area contributed by atoms with E-state index in [4.69, 9.17) is 0 Å². The Hall–Kier alpha value is -1.94. The van der Waals surface area contributed by atoms with Gasteiger partial charge in [-0.1, -0.05) is 36.4 Å². The van der Waals surface area contributed by atoms with E-state index in [1.807, 2.05) is 47.8 Å². The molecule has 2 aromatic rings. The molecular weight excluding hydrogens is 258 g/mol. The zero-order chi connectivity index (χ0) is 13.2. The van der Waals surface area contributed by atoms with E-state index in [-0.39, 0.29) is 30.7 Å². The summed E-state index contributed by atoms with van der Waals surface area (Å²) in [5.41, 5.74) is 1.05. The van der Waals surface area contributed by atoms with E-state index in [1.54, 1.807) is 16.2 Å². The Kier molecular flexibility index (Phi) is 3.17. The van der Waals surface area contributed by atoms with Crippen LogP contribution in [-0.4, -0.2) is 23.1 Å². The summed E-state index contributed by atoms with van der Waals surface area (Å²) < 4.78 is 0. The number of benzene rings is 1. The number of rotatable bonds is 3. The topological polar surface area (TPSA) is 37.4 Å². The Bertz CT molecular complexity index is 592. The van der Waals surface area contributed by atoms with Gasteiger partial charge in [0.1, 0.15) is 0 Å². The smallest absolute Gasteiger partial charge is 0.231 e. The van der Waals surface area contributed by atoms with Gasteiger partial charge in [0.05, 0.1) is 19.0 Å². The van der Waals surface area contributed by atoms with Crippen molar-refractivity contribution in [2.75, 3.05) is 6.54 Å². The van der Waals surface area contributed by atoms with E-state index in [9.17, 15) is 9.59 Å². The quantitative estimate of drug-likeness (QED) is 0.805. The Morgan fingerprint density at radius 3 is 2.42 bits per heavy atom. The highest BCUT2D eigenvalue weighted by molar-refractivity contribution is 7.10. The number of amides is 1. The number of hydrogen-bond acceptors (Lipinski definition) is 3. The van der Waals surface area contributed by atoms with Crippen molar-refractivity contribution in [1.82, 2.24) is 4.90 Å². The van der Waals surface area contributed by atoms with Crippen molar-refractivity contribution in [2.45, 2.75) is 12.5 Å². The first-order valence-electron chi connectivity index (χ1n) is 6.15. The molecule has 0 saturated carbocycles. The molecule has 1 atom stereocenters. The van der Waals surface area contributed by atoms with Gasteiger partial charge in [0.2, 0.25) is 5.91 Å². The van der Waals surface area contributed by atoms with E-state index in [2.05, 4.69) is 0 Å². The summed E-state index contributed by atoms with van der Waals surface area (Å²) in [4.78, 5) is 26.3. The first-order chi connectivity index (χ1) is 9.25. The molecule has 1 aromatic carbocycles. The van der Waals surface area contributed by atoms with Gasteiger partial charge in [0.15, 0.2) is 5.78 Å². The number of likely N-dealkylation sites (tertiary alicyclic amines) is 1. The SMILES string of the molecule is O=C1CC(=O)N(C(c2ccccc2)c2cccs2)C1. The van der Waals surface area contributed by atoms with Crippen molar-refractivity contribution < 1.29 is 9.59 Å². The Balaban J connectivity index is 2.03. The molecule has 19 heavy (non-hydrogen) atoms. The van der Waals surface area contributed by atoms with E-state index in [0.29, 0.717) is 0 Å². The van der Waals surface area contributed by atoms with Crippen molar-refractivity contribution in [3.05, 3.63) is 58.3 Å². The predicted octanol–water partition coefficient (Wildman–Crippen LogP) is 2.64. The third-order valence-corrected chi connectivity index (χ3v) is 4.18. The van der Waals surface area contributed by atoms with Crippen LogP contribution < -0.4 is 0 Å². The van der Waals surface area contributed by atoms with Gasteiger partial charge in [-0.15, -0.1) is 11.3 Å². The standard InChI is InChI=1S/C15H13NO2S/c17-12-9-14(18)16(10-12)15(13-7-4-8-19-13)11-5-2-1-3-6-11/h1-8,15H,9-10H2. The highest BCUT2D eigenvalue weighted by Crippen LogP contribution is 2.33. The van der Waals surface area contributed by atoms with Crippen molar-refractivity contribution in [1.29, 1.82) is 0 Å². The zero-order valence-corrected chi connectivity index (χ0v) is 11.1. The van der Waals surface area contributed by atoms with Crippen LogP contribution in [-0.2, 0) is 9.59 Å². The monoisotopic (exact) mass is 271 g/mol. The molecular formula is C15H13NO2S. The molecule has 96 valence electrons. The van der Waals surface area contributed by atoms with Crippen LogP contribution in [0.4, 0.5) is 0 Å². The largest absolute Gasteiger partial charge is 0.323 e. The first kappa shape index (κ1) is 12.1. The van der Waals surface area contributed by atoms with Crippen LogP contribution in [0.25, 0.3) is 0 Å². The molecule has 2 heterocycles. The van der Waals surface area contributed by atoms with E-state index in [1.165, 1.54) is 0 Å². The van der Waals surface area contributed by atoms with Gasteiger partial charge >= 0.3 is 0 Å². The van der Waals surface area contributed by atoms with Crippen LogP contribution in [0.1, 0.15) is 22.9 Å². The lowest BCUT2D eigenvalue weighted by Gasteiger charge is -2.26. The third-order valence-electron chi connectivity index (χ3n) is 3.26. The Morgan fingerprint density at radius 2 is 1.84 bits per heavy atom. The molecule has 1 aromatic heterocycles. The third kappa shape index (κ3) is 2.31. The van der Waals surface area contributed by atoms with Gasteiger partial charge in [0.25, 0.3) is 0 Å². The average Bonchev–Trinajstić information content (AvgIpc) is 3.03. The number of nitrogens with zero attached hydrogens (tertiary/aromatic N) is 1. The molecule has 1 amide bonds. The minimum Gasteiger partial charge on any atom is -0.323 e. The average molecular weight is 271 g/mol. The molecule has 1 saturated heterocycles. The minimum absolute atomic E-state index is 0.00230. The highest BCUT2D eigenvalue weighted by Gasteiger charge is 2.34. The number of Topliss-reactive ketones (excluding diaryl/α,β-unsaturated/α-hetero) is 1. The maximum atomic E-state index is 12.0. The van der Waals surface area contributed by atoms with Crippen molar-refractivity contribution >= 4 is 23.0 Å². The second-order valence-corrected chi connectivity index (χ2v) is 5.55. The van der Waals surface area contributed by atoms with Crippen molar-refractivity contribution in [3.8, 4) is 0 Å². The number of hydrogen-bond donors (Lipinski definition) is 0. The summed E-state index contributed by atoms with van der Waals surface area (Å²) in [7, 11) is 0. The number of carbonyl (C=O) groups excluding carboxylic acids is 2. The maximum Gasteiger partial charge on any atom is 0.231 e. The van der Waals surface area contributed by atoms with E-state index >= 15 is 0 Å². The molecule has 0 spiro atoms. The van der Waals surface area contributed by atoms with Gasteiger partial charge in [-0.2, -0.15) is 0 Å². The summed E-state index contributed by atoms with van der Waals surface area (Å²) in [6.45, 7) is 0.219. The number of ketones is 1. The van der Waals surface area contributed by atoms with Gasteiger partial charge in [-0.3, -0.25) is 9.59 Å². The van der Waals surface area contributed by atoms with Crippen LogP contribution >= 0.6 is 11.3 Å². The fourth-order valence-electron chi connectivity index (χ4n) is 2.42. The summed E-state index contributed by atoms with van der Waals surface area (Å²) >= 11 is 1.61. The summed E-state index contributed by atoms with van der Waals surface area (Å²) in [5, 5.41) is 1.99. The molecule has 0 bridgehead atoms. The normalized spacial score (nSPS) is 16.9. The maximum absolute atomic E-state index is 12.0. The fraction of sp³-hybridized carbons (Fsp3) is 0.200. The molecule has 0 N–H and O–H groups in total. The van der Waals surface area contributed by atoms with Gasteiger partial charge in [-0.25, -0.2) is 0 Å². The lowest BCUT2D eigenvalue weighted by Crippen LogP contribution is -2.30. The molecule has 0 aliphatic carbocycles. The number of thiophene rings is 1. The first-order valence-corrected chi connectivity index (χ1v) is 7.03. The second-order valence-electron chi connectivity index (χ2n) is 4.57. The van der Waals surface area contributed by atoms with Gasteiger partial charge < -0.3 is 4.90 Å². The van der Waals surface area contributed by atoms with Crippen LogP contribution in [0.5, 0.6) is 0 Å². The fourth-order valence-corrected chi connectivity index (χ4v) is 3.28. The van der Waals surface area contributed by atoms with Crippen molar-refractivity contribution in [3.63, 3.8) is 0 Å². The lowest BCUT2D eigenvalue weighted by molar-refractivity contribution is -0.129. The predicted molar refractivity (Wildman–Crippen MR) is 73.9 cm³/mol. The molecule has 1 unspecified atom stereocenters. The second kappa shape index (κ2) is 4.97. The molecule has 1 aliphatic rings. The van der Waals surface area contributed by atoms with Crippen LogP contribution in [0, 0.1) is 0 Å². The number of carbonyl (C=O) groups is 2. The summed E-state index contributed by atoms with van der Waals surface area (Å²) in [5.74, 6) is -0.0743. The lowest BCUT2D eigenvalue weighted by atomic mass is 10.0. The highest BCUT2D eigenvalue weighted by atomic mass is 32.1. The van der Waals surface area contributed by atoms with E-state index in [0.717, 1.165) is 10.4 Å². The molecule has 3 nitrogen and oxygen atoms in total. The van der Waals surface area contributed by atoms with Gasteiger partial charge in [0, 0.05) is 4.88 Å². The van der Waals surface area contributed by atoms with Crippen molar-refractivity contribution in [2.24, 2.45) is 0 Å². The zero-order valence-electron chi connectivity index (χ0n) is 10.3. The summed E-state index contributed by atoms with van der Waals surface area (Å²) in [6, 6.07) is 13.7. The van der Waals surface area contributed by atoms with Gasteiger partial charge in [-0.05, 0) is 17.0 Å². The molecule has 1 aliphatic heterocycles. The van der Waals surface area contributed by atoms with Crippen LogP contribution in [0.15, 0.2) is 47.8 Å². The van der Waals surface area contributed by atoms with E-state index < -0.39 is 0 Å². The minimum atomic E-state index is -0.139. The van der Waals surface area contributed by atoms with Crippen LogP contribution in [0.2, 0.25) is 0 Å². The molecule has 1 fully saturated rings. The molecule has 3 rings (SSSR count).